The molecule has 0 aliphatic carbocycles. The van der Waals surface area contributed by atoms with Crippen LogP contribution in [0.5, 0.6) is 0 Å². The molecule has 0 saturated carbocycles. The summed E-state index contributed by atoms with van der Waals surface area (Å²) in [6.45, 7) is 3.38. The Bertz CT molecular complexity index is 660. The number of hydrogen-bond donors (Lipinski definition) is 1. The van der Waals surface area contributed by atoms with Crippen molar-refractivity contribution in [3.8, 4) is 0 Å². The Labute approximate surface area is 144 Å². The van der Waals surface area contributed by atoms with Crippen molar-refractivity contribution in [2.75, 3.05) is 32.6 Å². The lowest BCUT2D eigenvalue weighted by Gasteiger charge is -2.31. The molecule has 134 valence electrons. The zero-order valence-electron chi connectivity index (χ0n) is 14.3. The van der Waals surface area contributed by atoms with Gasteiger partial charge in [-0.3, -0.25) is 4.79 Å². The Kier molecular flexibility index (Phi) is 6.77. The molecule has 6 nitrogen and oxygen atoms in total. The topological polar surface area (TPSA) is 75.7 Å². The highest BCUT2D eigenvalue weighted by Crippen LogP contribution is 2.20. The largest absolute Gasteiger partial charge is 0.384 e. The van der Waals surface area contributed by atoms with Gasteiger partial charge in [0, 0.05) is 26.7 Å². The normalized spacial score (nSPS) is 19.2. The van der Waals surface area contributed by atoms with Gasteiger partial charge in [-0.1, -0.05) is 29.8 Å². The van der Waals surface area contributed by atoms with Crippen molar-refractivity contribution < 1.29 is 17.9 Å². The molecule has 24 heavy (non-hydrogen) atoms. The second-order valence-corrected chi connectivity index (χ2v) is 8.30. The molecule has 0 radical (unpaired) electrons. The number of carbonyl (C=O) groups is 1. The Morgan fingerprint density at radius 3 is 2.92 bits per heavy atom. The lowest BCUT2D eigenvalue weighted by Crippen LogP contribution is -2.46. The summed E-state index contributed by atoms with van der Waals surface area (Å²) in [5.41, 5.74) is 2.19. The smallest absolute Gasteiger partial charge is 0.224 e. The van der Waals surface area contributed by atoms with E-state index in [4.69, 9.17) is 4.74 Å². The predicted molar refractivity (Wildman–Crippen MR) is 93.0 cm³/mol. The van der Waals surface area contributed by atoms with Crippen molar-refractivity contribution in [2.45, 2.75) is 26.3 Å². The molecule has 1 atom stereocenters. The molecule has 1 aromatic carbocycles. The zero-order valence-corrected chi connectivity index (χ0v) is 15.1. The molecule has 0 spiro atoms. The first-order valence-corrected chi connectivity index (χ1v) is 9.83. The number of rotatable bonds is 7. The van der Waals surface area contributed by atoms with Crippen molar-refractivity contribution >= 4 is 15.9 Å². The van der Waals surface area contributed by atoms with Gasteiger partial charge in [-0.25, -0.2) is 12.7 Å². The number of sulfonamides is 1. The van der Waals surface area contributed by atoms with E-state index < -0.39 is 10.0 Å². The van der Waals surface area contributed by atoms with E-state index in [0.717, 1.165) is 17.5 Å². The van der Waals surface area contributed by atoms with Gasteiger partial charge in [-0.05, 0) is 25.3 Å². The number of methoxy groups -OCH3 is 1. The highest BCUT2D eigenvalue weighted by molar-refractivity contribution is 7.89. The first kappa shape index (κ1) is 18.9. The molecular formula is C17H26N2O4S. The van der Waals surface area contributed by atoms with Crippen LogP contribution in [-0.4, -0.2) is 51.2 Å². The van der Waals surface area contributed by atoms with Crippen molar-refractivity contribution in [1.29, 1.82) is 0 Å². The van der Waals surface area contributed by atoms with Gasteiger partial charge in [0.05, 0.1) is 18.3 Å². The fourth-order valence-electron chi connectivity index (χ4n) is 2.88. The predicted octanol–water partition coefficient (Wildman–Crippen LogP) is 1.30. The molecule has 0 bridgehead atoms. The van der Waals surface area contributed by atoms with Crippen LogP contribution in [0.1, 0.15) is 24.0 Å². The highest BCUT2D eigenvalue weighted by atomic mass is 32.2. The third kappa shape index (κ3) is 5.29. The fraction of sp³-hybridized carbons (Fsp3) is 0.588. The molecular weight excluding hydrogens is 328 g/mol. The average Bonchev–Trinajstić information content (AvgIpc) is 2.58. The maximum absolute atomic E-state index is 12.4. The van der Waals surface area contributed by atoms with Gasteiger partial charge in [0.1, 0.15) is 0 Å². The van der Waals surface area contributed by atoms with Crippen molar-refractivity contribution in [2.24, 2.45) is 5.92 Å². The van der Waals surface area contributed by atoms with Crippen LogP contribution in [0.2, 0.25) is 0 Å². The third-order valence-electron chi connectivity index (χ3n) is 4.24. The van der Waals surface area contributed by atoms with E-state index in [0.29, 0.717) is 19.5 Å². The number of nitrogens with one attached hydrogen (secondary N) is 1. The summed E-state index contributed by atoms with van der Waals surface area (Å²) < 4.78 is 30.8. The van der Waals surface area contributed by atoms with Crippen LogP contribution in [0, 0.1) is 12.8 Å². The van der Waals surface area contributed by atoms with Gasteiger partial charge in [0.15, 0.2) is 0 Å². The van der Waals surface area contributed by atoms with E-state index in [-0.39, 0.29) is 30.7 Å². The minimum atomic E-state index is -3.36. The summed E-state index contributed by atoms with van der Waals surface area (Å²) in [5.74, 6) is -0.412. The lowest BCUT2D eigenvalue weighted by molar-refractivity contribution is -0.126. The summed E-state index contributed by atoms with van der Waals surface area (Å²) in [5, 5.41) is 2.93. The van der Waals surface area contributed by atoms with Crippen LogP contribution in [-0.2, 0) is 26.1 Å². The molecule has 7 heteroatoms. The minimum Gasteiger partial charge on any atom is -0.384 e. The molecule has 1 heterocycles. The van der Waals surface area contributed by atoms with E-state index >= 15 is 0 Å². The monoisotopic (exact) mass is 354 g/mol. The molecule has 1 aliphatic rings. The summed E-state index contributed by atoms with van der Waals surface area (Å²) in [7, 11) is -1.88. The molecule has 1 saturated heterocycles. The number of ether oxygens (including phenoxy) is 1. The van der Waals surface area contributed by atoms with Gasteiger partial charge in [0.2, 0.25) is 15.9 Å². The molecule has 1 unspecified atom stereocenters. The summed E-state index contributed by atoms with van der Waals surface area (Å²) in [6.07, 6.45) is 1.42. The second-order valence-electron chi connectivity index (χ2n) is 6.21. The maximum atomic E-state index is 12.4. The van der Waals surface area contributed by atoms with Crippen LogP contribution in [0.3, 0.4) is 0 Å². The Morgan fingerprint density at radius 2 is 2.21 bits per heavy atom. The molecule has 0 aromatic heterocycles. The number of nitrogens with zero attached hydrogens (tertiary/aromatic N) is 1. The number of hydrogen-bond acceptors (Lipinski definition) is 4. The fourth-order valence-corrected chi connectivity index (χ4v) is 4.33. The van der Waals surface area contributed by atoms with Gasteiger partial charge < -0.3 is 10.1 Å². The lowest BCUT2D eigenvalue weighted by atomic mass is 9.98. The summed E-state index contributed by atoms with van der Waals surface area (Å²) >= 11 is 0. The molecule has 1 aromatic rings. The van der Waals surface area contributed by atoms with E-state index in [9.17, 15) is 13.2 Å². The first-order valence-electron chi connectivity index (χ1n) is 8.22. The van der Waals surface area contributed by atoms with Crippen LogP contribution in [0.25, 0.3) is 0 Å². The quantitative estimate of drug-likeness (QED) is 0.801. The molecule has 1 amide bonds. The van der Waals surface area contributed by atoms with Crippen molar-refractivity contribution in [1.82, 2.24) is 9.62 Å². The summed E-state index contributed by atoms with van der Waals surface area (Å²) in [4.78, 5) is 12.4. The standard InChI is InChI=1S/C17H26N2O4S/c1-14-5-3-6-15(11-14)12-18-17(20)16-7-4-8-19(13-16)24(21,22)10-9-23-2/h3,5-6,11,16H,4,7-10,12-13H2,1-2H3,(H,18,20). The molecule has 1 fully saturated rings. The van der Waals surface area contributed by atoms with Crippen LogP contribution >= 0.6 is 0 Å². The average molecular weight is 354 g/mol. The third-order valence-corrected chi connectivity index (χ3v) is 6.04. The molecule has 2 rings (SSSR count). The second kappa shape index (κ2) is 8.60. The Morgan fingerprint density at radius 1 is 1.42 bits per heavy atom. The molecule has 1 aliphatic heterocycles. The van der Waals surface area contributed by atoms with Crippen molar-refractivity contribution in [3.63, 3.8) is 0 Å². The van der Waals surface area contributed by atoms with E-state index in [1.165, 1.54) is 11.4 Å². The molecule has 1 N–H and O–H groups in total. The number of carbonyl (C=O) groups excluding carboxylic acids is 1. The highest BCUT2D eigenvalue weighted by Gasteiger charge is 2.31. The number of amides is 1. The maximum Gasteiger partial charge on any atom is 0.224 e. The number of piperidine rings is 1. The first-order chi connectivity index (χ1) is 11.4. The zero-order chi connectivity index (χ0) is 17.6. The summed E-state index contributed by atoms with van der Waals surface area (Å²) in [6, 6.07) is 7.97. The van der Waals surface area contributed by atoms with Crippen molar-refractivity contribution in [3.05, 3.63) is 35.4 Å². The van der Waals surface area contributed by atoms with Crippen LogP contribution in [0.15, 0.2) is 24.3 Å². The van der Waals surface area contributed by atoms with Gasteiger partial charge in [0.25, 0.3) is 0 Å². The van der Waals surface area contributed by atoms with Gasteiger partial charge >= 0.3 is 0 Å². The van der Waals surface area contributed by atoms with Crippen LogP contribution in [0.4, 0.5) is 0 Å². The van der Waals surface area contributed by atoms with Gasteiger partial charge in [-0.2, -0.15) is 0 Å². The SMILES string of the molecule is COCCS(=O)(=O)N1CCCC(C(=O)NCc2cccc(C)c2)C1. The van der Waals surface area contributed by atoms with Gasteiger partial charge in [-0.15, -0.1) is 0 Å². The number of benzene rings is 1. The van der Waals surface area contributed by atoms with Crippen LogP contribution < -0.4 is 5.32 Å². The Balaban J connectivity index is 1.90. The number of aryl methyl sites for hydroxylation is 1. The van der Waals surface area contributed by atoms with E-state index in [1.54, 1.807) is 0 Å². The Hall–Kier alpha value is -1.44. The minimum absolute atomic E-state index is 0.0405. The van der Waals surface area contributed by atoms with E-state index in [2.05, 4.69) is 5.32 Å². The van der Waals surface area contributed by atoms with E-state index in [1.807, 2.05) is 31.2 Å².